The SMILES string of the molecule is [2H]C([2H])([2H])NC(=O)c1nnc(Cl)cc1Nc1nc(OC)ccc1SC. The highest BCUT2D eigenvalue weighted by Gasteiger charge is 2.16. The van der Waals surface area contributed by atoms with Crippen molar-refractivity contribution in [3.05, 3.63) is 29.0 Å². The van der Waals surface area contributed by atoms with Crippen LogP contribution in [0.5, 0.6) is 5.88 Å². The molecule has 116 valence electrons. The van der Waals surface area contributed by atoms with E-state index in [-0.39, 0.29) is 16.5 Å². The molecule has 0 fully saturated rings. The number of halogens is 1. The molecule has 0 bridgehead atoms. The van der Waals surface area contributed by atoms with Gasteiger partial charge in [-0.25, -0.2) is 0 Å². The topological polar surface area (TPSA) is 89.0 Å². The molecule has 0 unspecified atom stereocenters. The Morgan fingerprint density at radius 1 is 1.45 bits per heavy atom. The fourth-order valence-electron chi connectivity index (χ4n) is 1.61. The van der Waals surface area contributed by atoms with Crippen molar-refractivity contribution >= 4 is 40.8 Å². The number of carbonyl (C=O) groups excluding carboxylic acids is 1. The van der Waals surface area contributed by atoms with Crippen molar-refractivity contribution in [3.63, 3.8) is 0 Å². The van der Waals surface area contributed by atoms with E-state index in [9.17, 15) is 4.79 Å². The monoisotopic (exact) mass is 342 g/mol. The van der Waals surface area contributed by atoms with Crippen molar-refractivity contribution in [2.75, 3.05) is 25.7 Å². The first kappa shape index (κ1) is 12.5. The lowest BCUT2D eigenvalue weighted by molar-refractivity contribution is 0.0958. The van der Waals surface area contributed by atoms with Crippen LogP contribution in [0.1, 0.15) is 14.6 Å². The van der Waals surface area contributed by atoms with Gasteiger partial charge in [-0.2, -0.15) is 4.98 Å². The summed E-state index contributed by atoms with van der Waals surface area (Å²) in [7, 11) is 1.48. The molecule has 22 heavy (non-hydrogen) atoms. The van der Waals surface area contributed by atoms with Crippen LogP contribution >= 0.6 is 23.4 Å². The third kappa shape index (κ3) is 3.58. The predicted octanol–water partition coefficient (Wildman–Crippen LogP) is 2.36. The van der Waals surface area contributed by atoms with Gasteiger partial charge in [0.05, 0.1) is 17.7 Å². The average Bonchev–Trinajstić information content (AvgIpc) is 2.53. The van der Waals surface area contributed by atoms with Crippen molar-refractivity contribution < 1.29 is 13.6 Å². The Labute approximate surface area is 141 Å². The number of pyridine rings is 1. The summed E-state index contributed by atoms with van der Waals surface area (Å²) in [5, 5.41) is 12.1. The second kappa shape index (κ2) is 7.28. The molecule has 1 amide bonds. The van der Waals surface area contributed by atoms with Gasteiger partial charge in [-0.1, -0.05) is 11.6 Å². The van der Waals surface area contributed by atoms with E-state index in [1.807, 2.05) is 11.6 Å². The number of thioether (sulfide) groups is 1. The van der Waals surface area contributed by atoms with E-state index in [4.69, 9.17) is 20.5 Å². The summed E-state index contributed by atoms with van der Waals surface area (Å²) < 4.78 is 26.5. The molecule has 0 saturated carbocycles. The number of aromatic nitrogens is 3. The Hall–Kier alpha value is -2.06. The van der Waals surface area contributed by atoms with Crippen molar-refractivity contribution in [3.8, 4) is 5.88 Å². The Balaban J connectivity index is 2.43. The van der Waals surface area contributed by atoms with Crippen LogP contribution in [0.15, 0.2) is 23.1 Å². The van der Waals surface area contributed by atoms with E-state index >= 15 is 0 Å². The van der Waals surface area contributed by atoms with Crippen LogP contribution in [0.3, 0.4) is 0 Å². The molecule has 0 aliphatic carbocycles. The van der Waals surface area contributed by atoms with Gasteiger partial charge in [0.25, 0.3) is 5.91 Å². The second-order valence-electron chi connectivity index (χ2n) is 3.91. The molecule has 0 radical (unpaired) electrons. The number of hydrogen-bond acceptors (Lipinski definition) is 7. The summed E-state index contributed by atoms with van der Waals surface area (Å²) in [6, 6.07) is 4.84. The van der Waals surface area contributed by atoms with E-state index in [2.05, 4.69) is 20.5 Å². The van der Waals surface area contributed by atoms with Crippen LogP contribution in [0, 0.1) is 0 Å². The first-order chi connectivity index (χ1) is 11.7. The van der Waals surface area contributed by atoms with Crippen molar-refractivity contribution in [1.29, 1.82) is 0 Å². The number of ether oxygens (including phenoxy) is 1. The Bertz CT molecular complexity index is 791. The van der Waals surface area contributed by atoms with Crippen molar-refractivity contribution in [1.82, 2.24) is 20.5 Å². The van der Waals surface area contributed by atoms with Gasteiger partial charge in [-0.15, -0.1) is 22.0 Å². The van der Waals surface area contributed by atoms with Crippen LogP contribution in [0.2, 0.25) is 5.15 Å². The first-order valence-electron chi connectivity index (χ1n) is 7.45. The van der Waals surface area contributed by atoms with Gasteiger partial charge in [-0.3, -0.25) is 4.79 Å². The molecule has 2 rings (SSSR count). The van der Waals surface area contributed by atoms with Gasteiger partial charge in [0.15, 0.2) is 10.8 Å². The smallest absolute Gasteiger partial charge is 0.273 e. The Morgan fingerprint density at radius 2 is 2.27 bits per heavy atom. The molecular formula is C13H14ClN5O2S. The number of methoxy groups -OCH3 is 1. The van der Waals surface area contributed by atoms with E-state index in [0.29, 0.717) is 11.7 Å². The predicted molar refractivity (Wildman–Crippen MR) is 86.3 cm³/mol. The minimum Gasteiger partial charge on any atom is -0.481 e. The molecule has 2 aromatic heterocycles. The highest BCUT2D eigenvalue weighted by Crippen LogP contribution is 2.30. The molecule has 7 nitrogen and oxygen atoms in total. The average molecular weight is 343 g/mol. The van der Waals surface area contributed by atoms with E-state index in [1.54, 1.807) is 12.1 Å². The van der Waals surface area contributed by atoms with Crippen LogP contribution in [-0.2, 0) is 0 Å². The summed E-state index contributed by atoms with van der Waals surface area (Å²) in [4.78, 5) is 17.2. The standard InChI is InChI=1S/C13H14ClN5O2S/c1-15-13(20)11-7(6-9(14)18-19-11)16-12-8(22-3)4-5-10(17-12)21-2/h4-6H,1-3H3,(H,15,20)(H,16,17,18)/i1D3. The van der Waals surface area contributed by atoms with Crippen LogP contribution in [-0.4, -0.2) is 41.4 Å². The molecule has 0 atom stereocenters. The number of anilines is 2. The number of amides is 1. The molecule has 0 saturated heterocycles. The molecule has 2 N–H and O–H groups in total. The van der Waals surface area contributed by atoms with Crippen LogP contribution < -0.4 is 15.4 Å². The highest BCUT2D eigenvalue weighted by atomic mass is 35.5. The van der Waals surface area contributed by atoms with Gasteiger partial charge in [-0.05, 0) is 12.3 Å². The normalized spacial score (nSPS) is 12.8. The van der Waals surface area contributed by atoms with Gasteiger partial charge >= 0.3 is 0 Å². The summed E-state index contributed by atoms with van der Waals surface area (Å²) >= 11 is 7.27. The van der Waals surface area contributed by atoms with Gasteiger partial charge in [0.1, 0.15) is 5.82 Å². The summed E-state index contributed by atoms with van der Waals surface area (Å²) in [5.41, 5.74) is -0.0602. The minimum absolute atomic E-state index is 0.0292. The molecular weight excluding hydrogens is 326 g/mol. The van der Waals surface area contributed by atoms with Crippen LogP contribution in [0.25, 0.3) is 0 Å². The molecule has 2 aromatic rings. The zero-order chi connectivity index (χ0) is 18.6. The zero-order valence-electron chi connectivity index (χ0n) is 14.7. The fraction of sp³-hybridized carbons (Fsp3) is 0.231. The molecule has 0 aromatic carbocycles. The summed E-state index contributed by atoms with van der Waals surface area (Å²) in [6.07, 6.45) is 1.86. The molecule has 0 spiro atoms. The molecule has 2 heterocycles. The lowest BCUT2D eigenvalue weighted by atomic mass is 10.3. The number of nitrogens with zero attached hydrogens (tertiary/aromatic N) is 3. The maximum atomic E-state index is 12.2. The van der Waals surface area contributed by atoms with Crippen molar-refractivity contribution in [2.45, 2.75) is 4.90 Å². The first-order valence-corrected chi connectivity index (χ1v) is 7.55. The molecule has 0 aliphatic rings. The largest absolute Gasteiger partial charge is 0.481 e. The maximum absolute atomic E-state index is 12.2. The number of rotatable bonds is 5. The zero-order valence-corrected chi connectivity index (χ0v) is 13.2. The van der Waals surface area contributed by atoms with E-state index in [1.165, 1.54) is 24.9 Å². The quantitative estimate of drug-likeness (QED) is 0.806. The Morgan fingerprint density at radius 3 is 2.95 bits per heavy atom. The lowest BCUT2D eigenvalue weighted by Crippen LogP contribution is -2.21. The Kier molecular flexibility index (Phi) is 4.13. The van der Waals surface area contributed by atoms with E-state index in [0.717, 1.165) is 4.90 Å². The third-order valence-corrected chi connectivity index (χ3v) is 3.56. The lowest BCUT2D eigenvalue weighted by Gasteiger charge is -2.13. The van der Waals surface area contributed by atoms with Crippen LogP contribution in [0.4, 0.5) is 11.5 Å². The van der Waals surface area contributed by atoms with Gasteiger partial charge in [0.2, 0.25) is 5.88 Å². The second-order valence-corrected chi connectivity index (χ2v) is 5.15. The highest BCUT2D eigenvalue weighted by molar-refractivity contribution is 7.98. The summed E-state index contributed by atoms with van der Waals surface area (Å²) in [5.74, 6) is -0.152. The van der Waals surface area contributed by atoms with Crippen molar-refractivity contribution in [2.24, 2.45) is 0 Å². The van der Waals surface area contributed by atoms with Gasteiger partial charge in [0, 0.05) is 23.2 Å². The third-order valence-electron chi connectivity index (χ3n) is 2.61. The van der Waals surface area contributed by atoms with Gasteiger partial charge < -0.3 is 15.4 Å². The number of hydrogen-bond donors (Lipinski definition) is 2. The number of carbonyl (C=O) groups is 1. The fourth-order valence-corrected chi connectivity index (χ4v) is 2.26. The minimum atomic E-state index is -2.66. The molecule has 0 aliphatic heterocycles. The van der Waals surface area contributed by atoms with E-state index < -0.39 is 12.9 Å². The maximum Gasteiger partial charge on any atom is 0.273 e. The number of nitrogens with one attached hydrogen (secondary N) is 2. The summed E-state index contributed by atoms with van der Waals surface area (Å²) in [6.45, 7) is -2.66. The molecule has 9 heteroatoms.